The van der Waals surface area contributed by atoms with Gasteiger partial charge in [0.1, 0.15) is 0 Å². The summed E-state index contributed by atoms with van der Waals surface area (Å²) in [5.41, 5.74) is 1.50. The summed E-state index contributed by atoms with van der Waals surface area (Å²) in [4.78, 5) is 26.7. The minimum absolute atomic E-state index is 0.0176. The first-order chi connectivity index (χ1) is 9.40. The van der Waals surface area contributed by atoms with Crippen LogP contribution in [0.3, 0.4) is 0 Å². The second kappa shape index (κ2) is 7.62. The monoisotopic (exact) mass is 278 g/mol. The van der Waals surface area contributed by atoms with E-state index in [9.17, 15) is 9.59 Å². The van der Waals surface area contributed by atoms with Crippen LogP contribution in [0.2, 0.25) is 0 Å². The summed E-state index contributed by atoms with van der Waals surface area (Å²) in [5, 5.41) is 11.7. The number of aliphatic carboxylic acids is 1. The lowest BCUT2D eigenvalue weighted by Crippen LogP contribution is -2.32. The highest BCUT2D eigenvalue weighted by atomic mass is 16.4. The van der Waals surface area contributed by atoms with Gasteiger partial charge in [0.05, 0.1) is 11.5 Å². The number of nitrogens with zero attached hydrogens (tertiary/aromatic N) is 1. The number of pyridine rings is 1. The van der Waals surface area contributed by atoms with Gasteiger partial charge in [0.2, 0.25) is 0 Å². The number of carbonyl (C=O) groups is 2. The molecule has 0 saturated carbocycles. The van der Waals surface area contributed by atoms with Gasteiger partial charge in [0, 0.05) is 18.4 Å². The third kappa shape index (κ3) is 5.38. The summed E-state index contributed by atoms with van der Waals surface area (Å²) in [6.45, 7) is 5.51. The van der Waals surface area contributed by atoms with E-state index < -0.39 is 5.97 Å². The molecule has 1 aromatic heterocycles. The standard InChI is InChI=1S/C15H22N2O3/c1-10-7-13(9-16-8-10)14(18)17-12(3)6-4-5-11(2)15(19)20/h7-9,11-12H,4-6H2,1-3H3,(H,17,18)(H,19,20). The third-order valence-electron chi connectivity index (χ3n) is 3.21. The van der Waals surface area contributed by atoms with Gasteiger partial charge in [-0.2, -0.15) is 0 Å². The summed E-state index contributed by atoms with van der Waals surface area (Å²) < 4.78 is 0. The van der Waals surface area contributed by atoms with Gasteiger partial charge >= 0.3 is 5.97 Å². The Morgan fingerprint density at radius 1 is 1.30 bits per heavy atom. The first kappa shape index (κ1) is 16.1. The molecule has 0 bridgehead atoms. The van der Waals surface area contributed by atoms with Crippen molar-refractivity contribution in [2.45, 2.75) is 46.1 Å². The zero-order chi connectivity index (χ0) is 15.1. The molecular formula is C15H22N2O3. The molecule has 1 heterocycles. The van der Waals surface area contributed by atoms with E-state index in [1.807, 2.05) is 13.8 Å². The number of carboxylic acid groups (broad SMARTS) is 1. The van der Waals surface area contributed by atoms with Crippen LogP contribution >= 0.6 is 0 Å². The lowest BCUT2D eigenvalue weighted by atomic mass is 10.0. The van der Waals surface area contributed by atoms with Gasteiger partial charge in [0.15, 0.2) is 0 Å². The zero-order valence-electron chi connectivity index (χ0n) is 12.2. The molecule has 2 N–H and O–H groups in total. The Balaban J connectivity index is 2.37. The lowest BCUT2D eigenvalue weighted by molar-refractivity contribution is -0.141. The largest absolute Gasteiger partial charge is 0.481 e. The third-order valence-corrected chi connectivity index (χ3v) is 3.21. The van der Waals surface area contributed by atoms with Gasteiger partial charge in [-0.15, -0.1) is 0 Å². The molecule has 0 spiro atoms. The van der Waals surface area contributed by atoms with Crippen LogP contribution in [-0.4, -0.2) is 28.0 Å². The van der Waals surface area contributed by atoms with Crippen LogP contribution in [0.5, 0.6) is 0 Å². The molecule has 0 fully saturated rings. The Bertz CT molecular complexity index is 474. The van der Waals surface area contributed by atoms with Gasteiger partial charge in [-0.25, -0.2) is 0 Å². The highest BCUT2D eigenvalue weighted by Gasteiger charge is 2.13. The molecule has 0 aliphatic carbocycles. The Morgan fingerprint density at radius 3 is 2.60 bits per heavy atom. The van der Waals surface area contributed by atoms with Crippen LogP contribution in [-0.2, 0) is 4.79 Å². The smallest absolute Gasteiger partial charge is 0.306 e. The Labute approximate surface area is 119 Å². The quantitative estimate of drug-likeness (QED) is 0.802. The number of nitrogens with one attached hydrogen (secondary N) is 1. The molecule has 0 radical (unpaired) electrons. The van der Waals surface area contributed by atoms with E-state index in [0.717, 1.165) is 18.4 Å². The highest BCUT2D eigenvalue weighted by molar-refractivity contribution is 5.94. The van der Waals surface area contributed by atoms with Gasteiger partial charge < -0.3 is 10.4 Å². The predicted molar refractivity (Wildman–Crippen MR) is 76.6 cm³/mol. The number of carboxylic acids is 1. The highest BCUT2D eigenvalue weighted by Crippen LogP contribution is 2.10. The predicted octanol–water partition coefficient (Wildman–Crippen LogP) is 2.40. The van der Waals surface area contributed by atoms with E-state index in [4.69, 9.17) is 5.11 Å². The maximum absolute atomic E-state index is 12.0. The van der Waals surface area contributed by atoms with Crippen molar-refractivity contribution >= 4 is 11.9 Å². The second-order valence-electron chi connectivity index (χ2n) is 5.30. The molecule has 5 nitrogen and oxygen atoms in total. The number of hydrogen-bond acceptors (Lipinski definition) is 3. The molecule has 20 heavy (non-hydrogen) atoms. The summed E-state index contributed by atoms with van der Waals surface area (Å²) in [7, 11) is 0. The molecule has 0 aromatic carbocycles. The number of hydrogen-bond donors (Lipinski definition) is 2. The van der Waals surface area contributed by atoms with Crippen molar-refractivity contribution in [1.82, 2.24) is 10.3 Å². The summed E-state index contributed by atoms with van der Waals surface area (Å²) in [6.07, 6.45) is 5.42. The number of rotatable bonds is 7. The molecule has 1 rings (SSSR count). The fraction of sp³-hybridized carbons (Fsp3) is 0.533. The van der Waals surface area contributed by atoms with Gasteiger partial charge in [-0.05, 0) is 38.3 Å². The molecule has 0 saturated heterocycles. The Morgan fingerprint density at radius 2 is 2.00 bits per heavy atom. The molecule has 0 aliphatic heterocycles. The Hall–Kier alpha value is -1.91. The normalized spacial score (nSPS) is 13.6. The molecule has 2 atom stereocenters. The minimum atomic E-state index is -0.771. The van der Waals surface area contributed by atoms with Crippen LogP contribution in [0.25, 0.3) is 0 Å². The molecule has 1 amide bonds. The average Bonchev–Trinajstić information content (AvgIpc) is 2.38. The fourth-order valence-corrected chi connectivity index (χ4v) is 1.91. The first-order valence-corrected chi connectivity index (χ1v) is 6.85. The van der Waals surface area contributed by atoms with Crippen molar-refractivity contribution in [3.63, 3.8) is 0 Å². The SMILES string of the molecule is Cc1cncc(C(=O)NC(C)CCCC(C)C(=O)O)c1. The van der Waals surface area contributed by atoms with Crippen molar-refractivity contribution in [2.24, 2.45) is 5.92 Å². The van der Waals surface area contributed by atoms with Gasteiger partial charge in [0.25, 0.3) is 5.91 Å². The van der Waals surface area contributed by atoms with Crippen molar-refractivity contribution < 1.29 is 14.7 Å². The van der Waals surface area contributed by atoms with Crippen LogP contribution in [0.4, 0.5) is 0 Å². The van der Waals surface area contributed by atoms with Crippen molar-refractivity contribution in [3.8, 4) is 0 Å². The van der Waals surface area contributed by atoms with Crippen molar-refractivity contribution in [1.29, 1.82) is 0 Å². The topological polar surface area (TPSA) is 79.3 Å². The molecular weight excluding hydrogens is 256 g/mol. The van der Waals surface area contributed by atoms with E-state index in [-0.39, 0.29) is 17.9 Å². The summed E-state index contributed by atoms with van der Waals surface area (Å²) in [5.74, 6) is -1.24. The van der Waals surface area contributed by atoms with Crippen molar-refractivity contribution in [2.75, 3.05) is 0 Å². The van der Waals surface area contributed by atoms with E-state index in [1.54, 1.807) is 25.4 Å². The van der Waals surface area contributed by atoms with Gasteiger partial charge in [-0.1, -0.05) is 13.3 Å². The number of carbonyl (C=O) groups excluding carboxylic acids is 1. The van der Waals surface area contributed by atoms with Crippen LogP contribution < -0.4 is 5.32 Å². The summed E-state index contributed by atoms with van der Waals surface area (Å²) >= 11 is 0. The number of amides is 1. The molecule has 0 aliphatic rings. The average molecular weight is 278 g/mol. The molecule has 2 unspecified atom stereocenters. The van der Waals surface area contributed by atoms with E-state index in [1.165, 1.54) is 0 Å². The van der Waals surface area contributed by atoms with Crippen LogP contribution in [0.1, 0.15) is 49.0 Å². The molecule has 5 heteroatoms. The fourth-order valence-electron chi connectivity index (χ4n) is 1.91. The van der Waals surface area contributed by atoms with E-state index in [0.29, 0.717) is 12.0 Å². The van der Waals surface area contributed by atoms with E-state index in [2.05, 4.69) is 10.3 Å². The van der Waals surface area contributed by atoms with Crippen LogP contribution in [0.15, 0.2) is 18.5 Å². The second-order valence-corrected chi connectivity index (χ2v) is 5.30. The van der Waals surface area contributed by atoms with E-state index >= 15 is 0 Å². The summed E-state index contributed by atoms with van der Waals surface area (Å²) in [6, 6.07) is 1.81. The maximum Gasteiger partial charge on any atom is 0.306 e. The van der Waals surface area contributed by atoms with Crippen molar-refractivity contribution in [3.05, 3.63) is 29.6 Å². The lowest BCUT2D eigenvalue weighted by Gasteiger charge is -2.14. The maximum atomic E-state index is 12.0. The van der Waals surface area contributed by atoms with Crippen LogP contribution in [0, 0.1) is 12.8 Å². The molecule has 1 aromatic rings. The minimum Gasteiger partial charge on any atom is -0.481 e. The first-order valence-electron chi connectivity index (χ1n) is 6.85. The number of aromatic nitrogens is 1. The zero-order valence-corrected chi connectivity index (χ0v) is 12.2. The van der Waals surface area contributed by atoms with Gasteiger partial charge in [-0.3, -0.25) is 14.6 Å². The number of aryl methyl sites for hydroxylation is 1. The Kier molecular flexibility index (Phi) is 6.15. The molecule has 110 valence electrons.